The number of hydrogen-bond acceptors (Lipinski definition) is 11. The zero-order chi connectivity index (χ0) is 52.1. The highest BCUT2D eigenvalue weighted by molar-refractivity contribution is 8.00. The highest BCUT2D eigenvalue weighted by atomic mass is 32.2. The minimum absolute atomic E-state index is 0.00931. The summed E-state index contributed by atoms with van der Waals surface area (Å²) in [5.74, 6) is -1.61. The van der Waals surface area contributed by atoms with Crippen molar-refractivity contribution in [3.05, 3.63) is 0 Å². The molecule has 0 aromatic rings. The van der Waals surface area contributed by atoms with E-state index in [1.807, 2.05) is 0 Å². The molecule has 2 aliphatic rings. The van der Waals surface area contributed by atoms with Gasteiger partial charge < -0.3 is 28.8 Å². The molecule has 2 fully saturated rings. The van der Waals surface area contributed by atoms with Gasteiger partial charge in [-0.3, -0.25) is 19.2 Å². The van der Waals surface area contributed by atoms with E-state index in [2.05, 4.69) is 27.7 Å². The van der Waals surface area contributed by atoms with Gasteiger partial charge in [0, 0.05) is 30.9 Å². The van der Waals surface area contributed by atoms with Crippen LogP contribution in [0.5, 0.6) is 0 Å². The maximum Gasteiger partial charge on any atom is 0.306 e. The highest BCUT2D eigenvalue weighted by Crippen LogP contribution is 2.40. The Kier molecular flexibility index (Phi) is 42.7. The van der Waals surface area contributed by atoms with Crippen LogP contribution in [-0.2, 0) is 42.9 Å². The molecule has 1 saturated carbocycles. The zero-order valence-corrected chi connectivity index (χ0v) is 47.9. The molecule has 0 bridgehead atoms. The molecule has 2 unspecified atom stereocenters. The Hall–Kier alpha value is -1.85. The van der Waals surface area contributed by atoms with Crippen molar-refractivity contribution in [2.45, 2.75) is 358 Å². The molecule has 10 nitrogen and oxygen atoms in total. The Bertz CT molecular complexity index is 1310. The number of esters is 4. The molecule has 0 radical (unpaired) electrons. The van der Waals surface area contributed by atoms with Gasteiger partial charge in [-0.2, -0.15) is 0 Å². The average molecular weight is 1040 g/mol. The van der Waals surface area contributed by atoms with E-state index in [0.717, 1.165) is 103 Å². The monoisotopic (exact) mass is 1040 g/mol. The molecule has 0 spiro atoms. The third kappa shape index (κ3) is 34.7. The summed E-state index contributed by atoms with van der Waals surface area (Å²) in [5, 5.41) is 10.9. The lowest BCUT2D eigenvalue weighted by atomic mass is 9.98. The van der Waals surface area contributed by atoms with Gasteiger partial charge in [0.25, 0.3) is 0 Å². The number of aliphatic hydroxyl groups is 1. The van der Waals surface area contributed by atoms with Crippen LogP contribution in [-0.4, -0.2) is 76.8 Å². The van der Waals surface area contributed by atoms with Crippen molar-refractivity contribution in [3.63, 3.8) is 0 Å². The molecule has 11 heteroatoms. The number of carbonyl (C=O) groups is 4. The lowest BCUT2D eigenvalue weighted by Gasteiger charge is -2.45. The molecular weight excluding hydrogens is 925 g/mol. The van der Waals surface area contributed by atoms with Crippen molar-refractivity contribution in [1.82, 2.24) is 0 Å². The first-order valence-electron chi connectivity index (χ1n) is 30.9. The van der Waals surface area contributed by atoms with Crippen molar-refractivity contribution >= 4 is 35.6 Å². The molecule has 1 saturated heterocycles. The summed E-state index contributed by atoms with van der Waals surface area (Å²) in [6.07, 6.45) is 40.3. The third-order valence-corrected chi connectivity index (χ3v) is 16.4. The molecule has 7 atom stereocenters. The fourth-order valence-corrected chi connectivity index (χ4v) is 11.9. The summed E-state index contributed by atoms with van der Waals surface area (Å²) in [4.78, 5) is 55.3. The third-order valence-electron chi connectivity index (χ3n) is 14.9. The lowest BCUT2D eigenvalue weighted by molar-refractivity contribution is -0.239. The molecular formula is C61H112O10S. The SMILES string of the molecule is CCCCCCCCCCCC(=O)OC[C@H]1O[C@@H](SC2CCCCC(O)C2)[C@H](OC(=O)CCCCCCCCCCC)[C@@H](OC(=O)CCCCCCCCCCC)[C@H]1OC(=O)CCCCCCCCCCC. The summed E-state index contributed by atoms with van der Waals surface area (Å²) in [5.41, 5.74) is -0.814. The Labute approximate surface area is 446 Å². The van der Waals surface area contributed by atoms with Crippen LogP contribution in [0.1, 0.15) is 317 Å². The molecule has 0 aromatic carbocycles. The Morgan fingerprint density at radius 3 is 1.12 bits per heavy atom. The number of unbranched alkanes of at least 4 members (excludes halogenated alkanes) is 32. The van der Waals surface area contributed by atoms with Crippen molar-refractivity contribution in [3.8, 4) is 0 Å². The summed E-state index contributed by atoms with van der Waals surface area (Å²) in [7, 11) is 0. The minimum atomic E-state index is -1.17. The standard InChI is InChI=1S/C61H112O10S/c1-5-9-13-17-21-25-29-33-37-45-54(63)67-50-53-58(69-55(64)46-38-34-30-26-22-18-14-10-6-2)59(70-56(65)47-39-35-31-27-23-19-15-11-7-3)60(61(68-53)72-52-44-42-41-43-51(62)49-52)71-57(66)48-40-36-32-28-24-20-16-12-8-4/h51-53,58-62H,5-50H2,1-4H3/t51?,52?,53-,58+,59+,60-,61+/m1/s1. The average Bonchev–Trinajstić information content (AvgIpc) is 3.58. The van der Waals surface area contributed by atoms with Gasteiger partial charge in [-0.1, -0.05) is 246 Å². The minimum Gasteiger partial charge on any atom is -0.463 e. The number of rotatable bonds is 47. The molecule has 1 aliphatic heterocycles. The van der Waals surface area contributed by atoms with Crippen LogP contribution < -0.4 is 0 Å². The van der Waals surface area contributed by atoms with Crippen molar-refractivity contribution in [2.75, 3.05) is 6.61 Å². The molecule has 1 aliphatic carbocycles. The molecule has 72 heavy (non-hydrogen) atoms. The molecule has 0 amide bonds. The summed E-state index contributed by atoms with van der Waals surface area (Å²) >= 11 is 1.50. The highest BCUT2D eigenvalue weighted by Gasteiger charge is 2.53. The van der Waals surface area contributed by atoms with Gasteiger partial charge >= 0.3 is 23.9 Å². The van der Waals surface area contributed by atoms with Gasteiger partial charge in [-0.15, -0.1) is 11.8 Å². The van der Waals surface area contributed by atoms with E-state index in [1.54, 1.807) is 0 Å². The first-order chi connectivity index (χ1) is 35.2. The van der Waals surface area contributed by atoms with E-state index < -0.39 is 53.9 Å². The fourth-order valence-electron chi connectivity index (χ4n) is 10.3. The number of aliphatic hydroxyl groups excluding tert-OH is 1. The predicted octanol–water partition coefficient (Wildman–Crippen LogP) is 17.1. The lowest BCUT2D eigenvalue weighted by Crippen LogP contribution is -2.62. The van der Waals surface area contributed by atoms with E-state index in [-0.39, 0.29) is 43.5 Å². The quantitative estimate of drug-likeness (QED) is 0.0270. The Morgan fingerprint density at radius 2 is 0.736 bits per heavy atom. The summed E-state index contributed by atoms with van der Waals surface area (Å²) < 4.78 is 32.1. The second kappa shape index (κ2) is 46.5. The van der Waals surface area contributed by atoms with Crippen LogP contribution in [0.15, 0.2) is 0 Å². The number of ether oxygens (including phenoxy) is 5. The van der Waals surface area contributed by atoms with E-state index in [1.165, 1.54) is 147 Å². The van der Waals surface area contributed by atoms with E-state index in [9.17, 15) is 24.3 Å². The fraction of sp³-hybridized carbons (Fsp3) is 0.934. The van der Waals surface area contributed by atoms with Gasteiger partial charge in [-0.25, -0.2) is 0 Å². The van der Waals surface area contributed by atoms with E-state index in [4.69, 9.17) is 23.7 Å². The van der Waals surface area contributed by atoms with Crippen LogP contribution in [0, 0.1) is 0 Å². The molecule has 422 valence electrons. The van der Waals surface area contributed by atoms with Gasteiger partial charge in [0.05, 0.1) is 6.10 Å². The van der Waals surface area contributed by atoms with Gasteiger partial charge in [0.15, 0.2) is 18.3 Å². The maximum absolute atomic E-state index is 14.0. The summed E-state index contributed by atoms with van der Waals surface area (Å²) in [6.45, 7) is 8.72. The molecule has 2 rings (SSSR count). The number of thioether (sulfide) groups is 1. The number of carbonyl (C=O) groups excluding carboxylic acids is 4. The van der Waals surface area contributed by atoms with Crippen LogP contribution >= 0.6 is 11.8 Å². The smallest absolute Gasteiger partial charge is 0.306 e. The molecule has 1 N–H and O–H groups in total. The Morgan fingerprint density at radius 1 is 0.417 bits per heavy atom. The van der Waals surface area contributed by atoms with Crippen LogP contribution in [0.2, 0.25) is 0 Å². The summed E-state index contributed by atoms with van der Waals surface area (Å²) in [6, 6.07) is 0. The van der Waals surface area contributed by atoms with Gasteiger partial charge in [0.2, 0.25) is 0 Å². The second-order valence-corrected chi connectivity index (χ2v) is 23.2. The normalized spacial score (nSPS) is 21.3. The van der Waals surface area contributed by atoms with Gasteiger partial charge in [-0.05, 0) is 44.9 Å². The van der Waals surface area contributed by atoms with Crippen molar-refractivity contribution < 1.29 is 48.0 Å². The van der Waals surface area contributed by atoms with Crippen LogP contribution in [0.25, 0.3) is 0 Å². The number of hydrogen-bond donors (Lipinski definition) is 1. The van der Waals surface area contributed by atoms with Gasteiger partial charge in [0.1, 0.15) is 18.1 Å². The zero-order valence-electron chi connectivity index (χ0n) is 47.1. The van der Waals surface area contributed by atoms with E-state index >= 15 is 0 Å². The molecule has 0 aromatic heterocycles. The topological polar surface area (TPSA) is 135 Å². The van der Waals surface area contributed by atoms with Crippen LogP contribution in [0.4, 0.5) is 0 Å². The predicted molar refractivity (Wildman–Crippen MR) is 297 cm³/mol. The maximum atomic E-state index is 14.0. The van der Waals surface area contributed by atoms with Crippen molar-refractivity contribution in [2.24, 2.45) is 0 Å². The second-order valence-electron chi connectivity index (χ2n) is 21.8. The van der Waals surface area contributed by atoms with Crippen molar-refractivity contribution in [1.29, 1.82) is 0 Å². The Balaban J connectivity index is 2.35. The largest absolute Gasteiger partial charge is 0.463 e. The first-order valence-corrected chi connectivity index (χ1v) is 31.9. The van der Waals surface area contributed by atoms with E-state index in [0.29, 0.717) is 25.7 Å². The van der Waals surface area contributed by atoms with Crippen LogP contribution in [0.3, 0.4) is 0 Å². The molecule has 1 heterocycles. The first kappa shape index (κ1) is 66.3.